The lowest BCUT2D eigenvalue weighted by Gasteiger charge is -2.08. The number of hydrogen-bond acceptors (Lipinski definition) is 2. The Morgan fingerprint density at radius 1 is 0.343 bits per heavy atom. The molecular weight excluding hydrogens is 1310 g/mol. The molecule has 0 atom stereocenters. The molecule has 4 aromatic heterocycles. The quantitative estimate of drug-likeness (QED) is 0.0591. The van der Waals surface area contributed by atoms with Gasteiger partial charge in [-0.25, -0.2) is 4.99 Å². The number of fused-ring (bicyclic) bond motifs is 12. The number of hydrogen-bond donors (Lipinski definition) is 3. The lowest BCUT2D eigenvalue weighted by atomic mass is 9.99. The Kier molecular flexibility index (Phi) is 22.3. The van der Waals surface area contributed by atoms with Crippen molar-refractivity contribution in [3.63, 3.8) is 0 Å². The van der Waals surface area contributed by atoms with Crippen molar-refractivity contribution >= 4 is 120 Å². The molecular formula is C93H94BrN7O. The van der Waals surface area contributed by atoms with E-state index in [0.717, 1.165) is 92.5 Å². The van der Waals surface area contributed by atoms with E-state index in [9.17, 15) is 5.11 Å². The zero-order valence-corrected chi connectivity index (χ0v) is 61.7. The molecule has 0 spiro atoms. The Hall–Kier alpha value is -10.5. The summed E-state index contributed by atoms with van der Waals surface area (Å²) in [5, 5.41) is 23.3. The first kappa shape index (κ1) is 70.0. The minimum Gasteiger partial charge on any atom is -0.392 e. The second-order valence-corrected chi connectivity index (χ2v) is 28.0. The number of nitrogens with two attached hydrogens (primary N) is 1. The van der Waals surface area contributed by atoms with Crippen LogP contribution in [0.25, 0.3) is 87.2 Å². The summed E-state index contributed by atoms with van der Waals surface area (Å²) >= 11 is 3.62. The van der Waals surface area contributed by atoms with Crippen molar-refractivity contribution in [2.45, 2.75) is 133 Å². The summed E-state index contributed by atoms with van der Waals surface area (Å²) in [7, 11) is 0. The van der Waals surface area contributed by atoms with E-state index in [1.54, 1.807) is 0 Å². The summed E-state index contributed by atoms with van der Waals surface area (Å²) in [6, 6.07) is 93.7. The van der Waals surface area contributed by atoms with Crippen molar-refractivity contribution in [2.24, 2.45) is 10.7 Å². The summed E-state index contributed by atoms with van der Waals surface area (Å²) in [6.07, 6.45) is 8.78. The van der Waals surface area contributed by atoms with Crippen LogP contribution in [-0.2, 0) is 71.3 Å². The Labute approximate surface area is 609 Å². The van der Waals surface area contributed by atoms with Gasteiger partial charge in [-0.2, -0.15) is 0 Å². The Balaban J connectivity index is 0.000000121. The number of benzene rings is 12. The normalized spacial score (nSPS) is 11.6. The van der Waals surface area contributed by atoms with Gasteiger partial charge in [-0.1, -0.05) is 190 Å². The van der Waals surface area contributed by atoms with Gasteiger partial charge in [0.15, 0.2) is 5.96 Å². The van der Waals surface area contributed by atoms with Crippen LogP contribution in [0.3, 0.4) is 0 Å². The minimum absolute atomic E-state index is 0.119. The second kappa shape index (κ2) is 32.5. The van der Waals surface area contributed by atoms with Crippen LogP contribution >= 0.6 is 15.9 Å². The van der Waals surface area contributed by atoms with Crippen LogP contribution in [0.4, 0.5) is 11.4 Å². The third-order valence-electron chi connectivity index (χ3n) is 20.2. The molecule has 0 aliphatic carbocycles. The highest BCUT2D eigenvalue weighted by atomic mass is 79.9. The molecule has 0 radical (unpaired) electrons. The first-order valence-corrected chi connectivity index (χ1v) is 37.4. The van der Waals surface area contributed by atoms with Crippen molar-refractivity contribution in [1.29, 1.82) is 0 Å². The zero-order chi connectivity index (χ0) is 70.6. The molecule has 0 saturated carbocycles. The zero-order valence-electron chi connectivity index (χ0n) is 60.2. The van der Waals surface area contributed by atoms with Gasteiger partial charge in [0.05, 0.1) is 12.3 Å². The molecule has 0 unspecified atom stereocenters. The largest absolute Gasteiger partial charge is 0.392 e. The molecule has 12 aromatic carbocycles. The van der Waals surface area contributed by atoms with Crippen LogP contribution in [0, 0.1) is 20.8 Å². The van der Waals surface area contributed by atoms with E-state index in [4.69, 9.17) is 5.73 Å². The van der Waals surface area contributed by atoms with E-state index in [1.807, 2.05) is 42.5 Å². The van der Waals surface area contributed by atoms with Crippen molar-refractivity contribution in [2.75, 3.05) is 5.32 Å². The van der Waals surface area contributed by atoms with E-state index in [2.05, 4.69) is 311 Å². The second-order valence-electron chi connectivity index (χ2n) is 27.0. The molecule has 9 heteroatoms. The van der Waals surface area contributed by atoms with Crippen LogP contribution in [0.2, 0.25) is 0 Å². The number of nitrogens with one attached hydrogen (secondary N) is 1. The van der Waals surface area contributed by atoms with Gasteiger partial charge in [0, 0.05) is 124 Å². The predicted octanol–water partition coefficient (Wildman–Crippen LogP) is 23.6. The Bertz CT molecular complexity index is 5590. The van der Waals surface area contributed by atoms with E-state index >= 15 is 0 Å². The number of aryl methyl sites for hydroxylation is 13. The summed E-state index contributed by atoms with van der Waals surface area (Å²) in [5.74, 6) is 0.382. The summed E-state index contributed by atoms with van der Waals surface area (Å²) in [6.45, 7) is 19.2. The number of anilines is 1. The van der Waals surface area contributed by atoms with Gasteiger partial charge >= 0.3 is 0 Å². The van der Waals surface area contributed by atoms with Gasteiger partial charge in [0.2, 0.25) is 0 Å². The van der Waals surface area contributed by atoms with Crippen LogP contribution in [-0.4, -0.2) is 29.3 Å². The topological polar surface area (TPSA) is 90.4 Å². The number of aliphatic hydroxyl groups is 1. The Morgan fingerprint density at radius 3 is 1.15 bits per heavy atom. The smallest absolute Gasteiger partial charge is 0.198 e. The maximum Gasteiger partial charge on any atom is 0.198 e. The number of aliphatic hydroxyl groups excluding tert-OH is 1. The number of para-hydroxylation sites is 3. The molecule has 102 heavy (non-hydrogen) atoms. The first-order chi connectivity index (χ1) is 49.9. The number of guanidine groups is 1. The van der Waals surface area contributed by atoms with Gasteiger partial charge in [-0.3, -0.25) is 0 Å². The monoisotopic (exact) mass is 1400 g/mol. The Morgan fingerprint density at radius 2 is 0.676 bits per heavy atom. The lowest BCUT2D eigenvalue weighted by molar-refractivity contribution is 0.280. The average Bonchev–Trinajstić information content (AvgIpc) is 1.63. The van der Waals surface area contributed by atoms with E-state index < -0.39 is 0 Å². The van der Waals surface area contributed by atoms with Crippen molar-refractivity contribution in [3.8, 4) is 0 Å². The van der Waals surface area contributed by atoms with Gasteiger partial charge in [-0.05, 0) is 242 Å². The van der Waals surface area contributed by atoms with E-state index in [1.165, 1.54) is 144 Å². The minimum atomic E-state index is 0.119. The van der Waals surface area contributed by atoms with Crippen LogP contribution in [0.1, 0.15) is 96.2 Å². The SMILES string of the molecule is CCn1c2ccc(Br)cc2c2cc(CCCc3ccccc3CO)ccc21.CCn1c2ccccc2c2cc(CCCc3ccc(C)cc3)ccc21.CCn1c2ccccc2c2cc(CCc3ccc(C)cc3)ccc21.CCn1c2ccccc2c2cc(NC(N)=Nc3ccc(C)cc3)ccc21. The van der Waals surface area contributed by atoms with Gasteiger partial charge in [0.25, 0.3) is 0 Å². The highest BCUT2D eigenvalue weighted by Gasteiger charge is 2.15. The molecule has 514 valence electrons. The fourth-order valence-corrected chi connectivity index (χ4v) is 15.3. The molecule has 16 rings (SSSR count). The third kappa shape index (κ3) is 15.7. The summed E-state index contributed by atoms with van der Waals surface area (Å²) in [4.78, 5) is 4.44. The fourth-order valence-electron chi connectivity index (χ4n) is 15.0. The first-order valence-electron chi connectivity index (χ1n) is 36.6. The molecule has 0 aliphatic rings. The van der Waals surface area contributed by atoms with Crippen molar-refractivity contribution in [1.82, 2.24) is 18.3 Å². The van der Waals surface area contributed by atoms with Gasteiger partial charge in [-0.15, -0.1) is 0 Å². The lowest BCUT2D eigenvalue weighted by Crippen LogP contribution is -2.21. The van der Waals surface area contributed by atoms with Crippen molar-refractivity contribution in [3.05, 3.63) is 321 Å². The standard InChI is InChI=1S/C24H24BrNO.C24H25N.C23H23N.C22H22N4/c1-2-26-23-12-10-17(6-5-9-18-7-3-4-8-19(18)16-27)14-21(23)22-15-20(25)11-13-24(22)26;1-3-25-23-10-5-4-9-21(23)22-17-20(15-16-24(22)25)8-6-7-19-13-11-18(2)12-14-19;1-3-24-22-7-5-4-6-20(22)21-16-19(14-15-23(21)24)13-12-18-10-8-17(2)9-11-18;1-3-26-20-7-5-4-6-18(20)19-14-17(12-13-21(19)26)25-22(23)24-16-10-8-15(2)9-11-16/h3-4,7-8,10-15,27H,2,5-6,9,16H2,1H3;4-5,9-17H,3,6-8H2,1-2H3;4-11,14-16H,3,12-13H2,1-2H3;4-14H,3H2,1-2H3,(H3,23,24,25). The highest BCUT2D eigenvalue weighted by molar-refractivity contribution is 9.10. The maximum absolute atomic E-state index is 9.50. The molecule has 0 amide bonds. The van der Waals surface area contributed by atoms with Crippen molar-refractivity contribution < 1.29 is 5.11 Å². The number of rotatable bonds is 18. The maximum atomic E-state index is 9.50. The fraction of sp³-hybridized carbons (Fsp3) is 0.215. The van der Waals surface area contributed by atoms with E-state index in [0.29, 0.717) is 5.96 Å². The molecule has 0 fully saturated rings. The van der Waals surface area contributed by atoms with Gasteiger partial charge < -0.3 is 34.4 Å². The highest BCUT2D eigenvalue weighted by Crippen LogP contribution is 2.36. The van der Waals surface area contributed by atoms with Crippen LogP contribution in [0.5, 0.6) is 0 Å². The molecule has 4 N–H and O–H groups in total. The average molecular weight is 1410 g/mol. The molecule has 16 aromatic rings. The number of nitrogens with zero attached hydrogens (tertiary/aromatic N) is 5. The molecule has 0 bridgehead atoms. The predicted molar refractivity (Wildman–Crippen MR) is 440 cm³/mol. The molecule has 0 saturated heterocycles. The summed E-state index contributed by atoms with van der Waals surface area (Å²) < 4.78 is 10.7. The van der Waals surface area contributed by atoms with Gasteiger partial charge in [0.1, 0.15) is 0 Å². The number of aromatic nitrogens is 4. The molecule has 8 nitrogen and oxygen atoms in total. The number of aliphatic imine (C=N–C) groups is 1. The van der Waals surface area contributed by atoms with Crippen LogP contribution in [0.15, 0.2) is 270 Å². The number of halogens is 1. The van der Waals surface area contributed by atoms with E-state index in [-0.39, 0.29) is 6.61 Å². The summed E-state index contributed by atoms with van der Waals surface area (Å²) in [5.41, 5.74) is 31.6. The molecule has 0 aliphatic heterocycles. The molecule has 4 heterocycles. The third-order valence-corrected chi connectivity index (χ3v) is 20.7. The van der Waals surface area contributed by atoms with Crippen LogP contribution < -0.4 is 11.1 Å².